The molecule has 5 rings (SSSR count). The summed E-state index contributed by atoms with van der Waals surface area (Å²) in [5.74, 6) is 0.00572. The molecule has 2 heterocycles. The molecule has 0 aliphatic carbocycles. The standard InChI is InChI=1S/C24H16N2O/c27-24(18-13-15-25-16-14-18)17-9-11-19(12-10-17)26-22-7-3-1-5-20(22)21-6-2-4-8-23(21)26/h1-16H. The number of aromatic nitrogens is 2. The monoisotopic (exact) mass is 348 g/mol. The van der Waals surface area contributed by atoms with Crippen LogP contribution in [0, 0.1) is 0 Å². The van der Waals surface area contributed by atoms with Gasteiger partial charge in [0.2, 0.25) is 0 Å². The van der Waals surface area contributed by atoms with Crippen LogP contribution in [0.2, 0.25) is 0 Å². The zero-order valence-electron chi connectivity index (χ0n) is 14.5. The summed E-state index contributed by atoms with van der Waals surface area (Å²) in [6, 6.07) is 28.1. The van der Waals surface area contributed by atoms with Gasteiger partial charge < -0.3 is 4.57 Å². The Balaban J connectivity index is 1.64. The zero-order valence-corrected chi connectivity index (χ0v) is 14.5. The summed E-state index contributed by atoms with van der Waals surface area (Å²) in [4.78, 5) is 16.6. The fourth-order valence-corrected chi connectivity index (χ4v) is 3.63. The number of fused-ring (bicyclic) bond motifs is 3. The first kappa shape index (κ1) is 15.5. The fraction of sp³-hybridized carbons (Fsp3) is 0. The summed E-state index contributed by atoms with van der Waals surface area (Å²) in [7, 11) is 0. The van der Waals surface area contributed by atoms with Crippen molar-refractivity contribution in [2.45, 2.75) is 0 Å². The van der Waals surface area contributed by atoms with E-state index in [0.29, 0.717) is 11.1 Å². The average molecular weight is 348 g/mol. The van der Waals surface area contributed by atoms with Gasteiger partial charge in [-0.1, -0.05) is 36.4 Å². The molecule has 27 heavy (non-hydrogen) atoms. The van der Waals surface area contributed by atoms with Crippen LogP contribution in [0.15, 0.2) is 97.3 Å². The van der Waals surface area contributed by atoms with E-state index in [-0.39, 0.29) is 5.78 Å². The van der Waals surface area contributed by atoms with Crippen LogP contribution in [-0.2, 0) is 0 Å². The Morgan fingerprint density at radius 3 is 1.74 bits per heavy atom. The number of pyridine rings is 1. The molecule has 128 valence electrons. The van der Waals surface area contributed by atoms with Crippen molar-refractivity contribution in [1.82, 2.24) is 9.55 Å². The van der Waals surface area contributed by atoms with Gasteiger partial charge in [0.25, 0.3) is 0 Å². The van der Waals surface area contributed by atoms with Gasteiger partial charge in [-0.3, -0.25) is 9.78 Å². The Morgan fingerprint density at radius 1 is 0.630 bits per heavy atom. The number of hydrogen-bond donors (Lipinski definition) is 0. The SMILES string of the molecule is O=C(c1ccncc1)c1ccc(-n2c3ccccc3c3ccccc32)cc1. The van der Waals surface area contributed by atoms with Crippen LogP contribution in [0.25, 0.3) is 27.5 Å². The molecule has 3 aromatic carbocycles. The Labute approximate surface area is 156 Å². The summed E-state index contributed by atoms with van der Waals surface area (Å²) >= 11 is 0. The van der Waals surface area contributed by atoms with E-state index in [1.54, 1.807) is 24.5 Å². The topological polar surface area (TPSA) is 34.9 Å². The smallest absolute Gasteiger partial charge is 0.193 e. The molecule has 3 nitrogen and oxygen atoms in total. The molecule has 2 aromatic heterocycles. The largest absolute Gasteiger partial charge is 0.309 e. The van der Waals surface area contributed by atoms with Crippen molar-refractivity contribution in [2.24, 2.45) is 0 Å². The van der Waals surface area contributed by atoms with Crippen LogP contribution in [0.1, 0.15) is 15.9 Å². The first-order valence-electron chi connectivity index (χ1n) is 8.86. The molecule has 0 aliphatic heterocycles. The minimum atomic E-state index is 0.00572. The van der Waals surface area contributed by atoms with Crippen molar-refractivity contribution in [3.05, 3.63) is 108 Å². The molecular formula is C24H16N2O. The van der Waals surface area contributed by atoms with E-state index < -0.39 is 0 Å². The first-order valence-corrected chi connectivity index (χ1v) is 8.86. The molecule has 0 saturated carbocycles. The van der Waals surface area contributed by atoms with Crippen molar-refractivity contribution in [2.75, 3.05) is 0 Å². The number of para-hydroxylation sites is 2. The van der Waals surface area contributed by atoms with Gasteiger partial charge in [0.1, 0.15) is 0 Å². The highest BCUT2D eigenvalue weighted by Crippen LogP contribution is 2.31. The highest BCUT2D eigenvalue weighted by Gasteiger charge is 2.13. The van der Waals surface area contributed by atoms with Crippen molar-refractivity contribution < 1.29 is 4.79 Å². The minimum absolute atomic E-state index is 0.00572. The third kappa shape index (κ3) is 2.52. The van der Waals surface area contributed by atoms with Gasteiger partial charge in [-0.2, -0.15) is 0 Å². The Bertz CT molecular complexity index is 1220. The van der Waals surface area contributed by atoms with Gasteiger partial charge in [-0.25, -0.2) is 0 Å². The summed E-state index contributed by atoms with van der Waals surface area (Å²) in [6.07, 6.45) is 3.28. The number of ketones is 1. The first-order chi connectivity index (χ1) is 13.3. The number of carbonyl (C=O) groups excluding carboxylic acids is 1. The fourth-order valence-electron chi connectivity index (χ4n) is 3.63. The molecule has 0 bridgehead atoms. The second-order valence-electron chi connectivity index (χ2n) is 6.48. The van der Waals surface area contributed by atoms with Gasteiger partial charge in [0, 0.05) is 40.0 Å². The third-order valence-corrected chi connectivity index (χ3v) is 4.91. The summed E-state index contributed by atoms with van der Waals surface area (Å²) in [6.45, 7) is 0. The van der Waals surface area contributed by atoms with Gasteiger partial charge in [-0.05, 0) is 48.5 Å². The van der Waals surface area contributed by atoms with E-state index in [0.717, 1.165) is 16.7 Å². The van der Waals surface area contributed by atoms with Crippen LogP contribution in [0.4, 0.5) is 0 Å². The molecule has 0 aliphatic rings. The number of nitrogens with zero attached hydrogens (tertiary/aromatic N) is 2. The predicted octanol–water partition coefficient (Wildman–Crippen LogP) is 5.41. The molecular weight excluding hydrogens is 332 g/mol. The lowest BCUT2D eigenvalue weighted by molar-refractivity contribution is 0.103. The van der Waals surface area contributed by atoms with E-state index >= 15 is 0 Å². The highest BCUT2D eigenvalue weighted by molar-refractivity contribution is 6.10. The van der Waals surface area contributed by atoms with Gasteiger partial charge in [0.15, 0.2) is 5.78 Å². The van der Waals surface area contributed by atoms with Gasteiger partial charge >= 0.3 is 0 Å². The average Bonchev–Trinajstić information content (AvgIpc) is 3.08. The quantitative estimate of drug-likeness (QED) is 0.409. The summed E-state index contributed by atoms with van der Waals surface area (Å²) in [5, 5.41) is 2.45. The van der Waals surface area contributed by atoms with Crippen LogP contribution in [0.3, 0.4) is 0 Å². The summed E-state index contributed by atoms with van der Waals surface area (Å²) < 4.78 is 2.24. The molecule has 0 fully saturated rings. The number of benzene rings is 3. The Hall–Kier alpha value is -3.72. The van der Waals surface area contributed by atoms with Crippen molar-refractivity contribution >= 4 is 27.6 Å². The maximum Gasteiger partial charge on any atom is 0.193 e. The van der Waals surface area contributed by atoms with Gasteiger partial charge in [-0.15, -0.1) is 0 Å². The molecule has 5 aromatic rings. The maximum absolute atomic E-state index is 12.6. The molecule has 0 radical (unpaired) electrons. The Kier molecular flexibility index (Phi) is 3.58. The zero-order chi connectivity index (χ0) is 18.2. The lowest BCUT2D eigenvalue weighted by atomic mass is 10.0. The maximum atomic E-state index is 12.6. The molecule has 0 spiro atoms. The van der Waals surface area contributed by atoms with Crippen LogP contribution < -0.4 is 0 Å². The van der Waals surface area contributed by atoms with Crippen molar-refractivity contribution in [1.29, 1.82) is 0 Å². The van der Waals surface area contributed by atoms with E-state index in [2.05, 4.69) is 58.1 Å². The Morgan fingerprint density at radius 2 is 1.15 bits per heavy atom. The molecule has 0 atom stereocenters. The van der Waals surface area contributed by atoms with E-state index in [1.165, 1.54) is 10.8 Å². The second-order valence-corrected chi connectivity index (χ2v) is 6.48. The highest BCUT2D eigenvalue weighted by atomic mass is 16.1. The molecule has 0 saturated heterocycles. The molecule has 0 amide bonds. The van der Waals surface area contributed by atoms with E-state index in [1.807, 2.05) is 24.3 Å². The van der Waals surface area contributed by atoms with Crippen LogP contribution >= 0.6 is 0 Å². The van der Waals surface area contributed by atoms with E-state index in [9.17, 15) is 4.79 Å². The van der Waals surface area contributed by atoms with Crippen molar-refractivity contribution in [3.8, 4) is 5.69 Å². The minimum Gasteiger partial charge on any atom is -0.309 e. The molecule has 0 N–H and O–H groups in total. The number of carbonyl (C=O) groups is 1. The molecule has 3 heteroatoms. The normalized spacial score (nSPS) is 11.1. The lowest BCUT2D eigenvalue weighted by Gasteiger charge is -2.09. The van der Waals surface area contributed by atoms with Crippen molar-refractivity contribution in [3.63, 3.8) is 0 Å². The summed E-state index contributed by atoms with van der Waals surface area (Å²) in [5.41, 5.74) is 4.68. The third-order valence-electron chi connectivity index (χ3n) is 4.91. The van der Waals surface area contributed by atoms with Crippen LogP contribution in [0.5, 0.6) is 0 Å². The number of hydrogen-bond acceptors (Lipinski definition) is 2. The second kappa shape index (κ2) is 6.22. The lowest BCUT2D eigenvalue weighted by Crippen LogP contribution is -2.02. The van der Waals surface area contributed by atoms with Gasteiger partial charge in [0.05, 0.1) is 11.0 Å². The number of rotatable bonds is 3. The van der Waals surface area contributed by atoms with Crippen LogP contribution in [-0.4, -0.2) is 15.3 Å². The predicted molar refractivity (Wildman–Crippen MR) is 108 cm³/mol. The van der Waals surface area contributed by atoms with E-state index in [4.69, 9.17) is 0 Å². The molecule has 0 unspecified atom stereocenters.